The highest BCUT2D eigenvalue weighted by atomic mass is 16.5. The summed E-state index contributed by atoms with van der Waals surface area (Å²) < 4.78 is 5.33. The van der Waals surface area contributed by atoms with E-state index in [2.05, 4.69) is 11.9 Å². The minimum Gasteiger partial charge on any atom is -0.489 e. The van der Waals surface area contributed by atoms with E-state index in [-0.39, 0.29) is 11.7 Å². The van der Waals surface area contributed by atoms with Gasteiger partial charge in [0.05, 0.1) is 5.69 Å². The van der Waals surface area contributed by atoms with Gasteiger partial charge in [-0.1, -0.05) is 12.7 Å². The van der Waals surface area contributed by atoms with E-state index in [1.165, 1.54) is 13.8 Å². The van der Waals surface area contributed by atoms with Crippen molar-refractivity contribution in [2.24, 2.45) is 0 Å². The largest absolute Gasteiger partial charge is 0.489 e. The first-order valence-corrected chi connectivity index (χ1v) is 5.21. The molecule has 1 N–H and O–H groups in total. The maximum absolute atomic E-state index is 11.4. The Morgan fingerprint density at radius 1 is 1.41 bits per heavy atom. The number of anilines is 1. The number of hydrogen-bond acceptors (Lipinski definition) is 3. The fourth-order valence-corrected chi connectivity index (χ4v) is 1.37. The molecule has 0 aliphatic heterocycles. The van der Waals surface area contributed by atoms with Crippen LogP contribution in [0.1, 0.15) is 24.2 Å². The highest BCUT2D eigenvalue weighted by Gasteiger charge is 2.09. The molecule has 0 radical (unpaired) electrons. The molecule has 1 aromatic carbocycles. The van der Waals surface area contributed by atoms with Crippen LogP contribution in [-0.2, 0) is 4.79 Å². The average molecular weight is 233 g/mol. The number of amides is 1. The van der Waals surface area contributed by atoms with Crippen LogP contribution in [0.2, 0.25) is 0 Å². The summed E-state index contributed by atoms with van der Waals surface area (Å²) in [6.07, 6.45) is 1.62. The number of ketones is 1. The van der Waals surface area contributed by atoms with Gasteiger partial charge in [-0.3, -0.25) is 9.59 Å². The first-order chi connectivity index (χ1) is 8.04. The summed E-state index contributed by atoms with van der Waals surface area (Å²) in [5.41, 5.74) is 0.928. The van der Waals surface area contributed by atoms with Gasteiger partial charge < -0.3 is 10.1 Å². The molecule has 0 aliphatic carbocycles. The molecule has 90 valence electrons. The summed E-state index contributed by atoms with van der Waals surface area (Å²) in [7, 11) is 0. The summed E-state index contributed by atoms with van der Waals surface area (Å²) in [6, 6.07) is 4.94. The second kappa shape index (κ2) is 5.84. The predicted octanol–water partition coefficient (Wildman–Crippen LogP) is 2.41. The number of carbonyl (C=O) groups excluding carboxylic acids is 2. The molecule has 1 amide bonds. The lowest BCUT2D eigenvalue weighted by molar-refractivity contribution is -0.114. The van der Waals surface area contributed by atoms with Gasteiger partial charge in [0.2, 0.25) is 5.91 Å². The van der Waals surface area contributed by atoms with Crippen molar-refractivity contribution in [2.45, 2.75) is 13.8 Å². The second-order valence-corrected chi connectivity index (χ2v) is 3.54. The zero-order chi connectivity index (χ0) is 12.8. The predicted molar refractivity (Wildman–Crippen MR) is 66.4 cm³/mol. The van der Waals surface area contributed by atoms with Gasteiger partial charge >= 0.3 is 0 Å². The number of hydrogen-bond donors (Lipinski definition) is 1. The number of ether oxygens (including phenoxy) is 1. The lowest BCUT2D eigenvalue weighted by Gasteiger charge is -2.10. The van der Waals surface area contributed by atoms with Gasteiger partial charge in [-0.2, -0.15) is 0 Å². The zero-order valence-corrected chi connectivity index (χ0v) is 9.95. The second-order valence-electron chi connectivity index (χ2n) is 3.54. The minimum absolute atomic E-state index is 0.107. The monoisotopic (exact) mass is 233 g/mol. The van der Waals surface area contributed by atoms with Crippen molar-refractivity contribution < 1.29 is 14.3 Å². The SMILES string of the molecule is C=CCOc1ccc(C(C)=O)c(NC(C)=O)c1. The number of rotatable bonds is 5. The van der Waals surface area contributed by atoms with Crippen LogP contribution in [0.15, 0.2) is 30.9 Å². The van der Waals surface area contributed by atoms with E-state index >= 15 is 0 Å². The summed E-state index contributed by atoms with van der Waals surface area (Å²) >= 11 is 0. The Morgan fingerprint density at radius 2 is 2.12 bits per heavy atom. The smallest absolute Gasteiger partial charge is 0.221 e. The Hall–Kier alpha value is -2.10. The number of carbonyl (C=O) groups is 2. The molecule has 1 rings (SSSR count). The van der Waals surface area contributed by atoms with Crippen molar-refractivity contribution in [2.75, 3.05) is 11.9 Å². The van der Waals surface area contributed by atoms with Gasteiger partial charge in [0, 0.05) is 18.6 Å². The number of benzene rings is 1. The molecule has 0 aliphatic rings. The van der Waals surface area contributed by atoms with Crippen LogP contribution >= 0.6 is 0 Å². The van der Waals surface area contributed by atoms with Gasteiger partial charge in [-0.05, 0) is 19.1 Å². The minimum atomic E-state index is -0.228. The maximum Gasteiger partial charge on any atom is 0.221 e. The first kappa shape index (κ1) is 13.0. The quantitative estimate of drug-likeness (QED) is 0.627. The van der Waals surface area contributed by atoms with Crippen LogP contribution in [0.25, 0.3) is 0 Å². The number of nitrogens with one attached hydrogen (secondary N) is 1. The van der Waals surface area contributed by atoms with Crippen LogP contribution < -0.4 is 10.1 Å². The lowest BCUT2D eigenvalue weighted by atomic mass is 10.1. The maximum atomic E-state index is 11.4. The number of Topliss-reactive ketones (excluding diaryl/α,β-unsaturated/α-hetero) is 1. The van der Waals surface area contributed by atoms with E-state index in [4.69, 9.17) is 4.74 Å². The third-order valence-electron chi connectivity index (χ3n) is 2.05. The Labute approximate surface area is 100 Å². The van der Waals surface area contributed by atoms with Crippen LogP contribution in [0.3, 0.4) is 0 Å². The molecule has 17 heavy (non-hydrogen) atoms. The van der Waals surface area contributed by atoms with Gasteiger partial charge in [0.1, 0.15) is 12.4 Å². The van der Waals surface area contributed by atoms with Crippen LogP contribution in [0.5, 0.6) is 5.75 Å². The third-order valence-corrected chi connectivity index (χ3v) is 2.05. The lowest BCUT2D eigenvalue weighted by Crippen LogP contribution is -2.10. The molecule has 0 aromatic heterocycles. The molecule has 1 aromatic rings. The van der Waals surface area contributed by atoms with Crippen LogP contribution in [-0.4, -0.2) is 18.3 Å². The zero-order valence-electron chi connectivity index (χ0n) is 9.95. The topological polar surface area (TPSA) is 55.4 Å². The molecule has 0 saturated carbocycles. The van der Waals surface area contributed by atoms with Crippen molar-refractivity contribution in [3.63, 3.8) is 0 Å². The van der Waals surface area contributed by atoms with Gasteiger partial charge in [0.25, 0.3) is 0 Å². The van der Waals surface area contributed by atoms with Crippen molar-refractivity contribution in [3.05, 3.63) is 36.4 Å². The summed E-state index contributed by atoms with van der Waals surface area (Å²) in [5.74, 6) is 0.246. The van der Waals surface area contributed by atoms with Gasteiger partial charge in [0.15, 0.2) is 5.78 Å². The van der Waals surface area contributed by atoms with E-state index in [0.717, 1.165) is 0 Å². The standard InChI is InChI=1S/C13H15NO3/c1-4-7-17-11-5-6-12(9(2)15)13(8-11)14-10(3)16/h4-6,8H,1,7H2,2-3H3,(H,14,16). The van der Waals surface area contributed by atoms with Crippen LogP contribution in [0, 0.1) is 0 Å². The Kier molecular flexibility index (Phi) is 4.46. The molecule has 0 heterocycles. The van der Waals surface area contributed by atoms with Crippen molar-refractivity contribution in [1.29, 1.82) is 0 Å². The molecule has 0 atom stereocenters. The van der Waals surface area contributed by atoms with Gasteiger partial charge in [-0.25, -0.2) is 0 Å². The molecule has 0 unspecified atom stereocenters. The summed E-state index contributed by atoms with van der Waals surface area (Å²) in [6.45, 7) is 6.76. The molecule has 4 heteroatoms. The van der Waals surface area contributed by atoms with E-state index in [9.17, 15) is 9.59 Å². The molecule has 0 bridgehead atoms. The molecular formula is C13H15NO3. The van der Waals surface area contributed by atoms with E-state index in [0.29, 0.717) is 23.6 Å². The highest BCUT2D eigenvalue weighted by Crippen LogP contribution is 2.23. The fraction of sp³-hybridized carbons (Fsp3) is 0.231. The summed E-state index contributed by atoms with van der Waals surface area (Å²) in [5, 5.41) is 2.61. The van der Waals surface area contributed by atoms with E-state index in [1.54, 1.807) is 24.3 Å². The normalized spacial score (nSPS) is 9.53. The summed E-state index contributed by atoms with van der Waals surface area (Å²) in [4.78, 5) is 22.4. The van der Waals surface area contributed by atoms with Crippen LogP contribution in [0.4, 0.5) is 5.69 Å². The van der Waals surface area contributed by atoms with Crippen molar-refractivity contribution >= 4 is 17.4 Å². The molecule has 0 saturated heterocycles. The highest BCUT2D eigenvalue weighted by molar-refractivity contribution is 6.03. The third kappa shape index (κ3) is 3.75. The Morgan fingerprint density at radius 3 is 2.65 bits per heavy atom. The first-order valence-electron chi connectivity index (χ1n) is 5.21. The Bertz CT molecular complexity index is 452. The molecule has 0 fully saturated rings. The van der Waals surface area contributed by atoms with Crippen molar-refractivity contribution in [3.8, 4) is 5.75 Å². The average Bonchev–Trinajstić information content (AvgIpc) is 2.25. The van der Waals surface area contributed by atoms with Crippen molar-refractivity contribution in [1.82, 2.24) is 0 Å². The van der Waals surface area contributed by atoms with E-state index < -0.39 is 0 Å². The molecular weight excluding hydrogens is 218 g/mol. The molecule has 0 spiro atoms. The van der Waals surface area contributed by atoms with Gasteiger partial charge in [-0.15, -0.1) is 0 Å². The Balaban J connectivity index is 3.04. The molecule has 4 nitrogen and oxygen atoms in total. The fourth-order valence-electron chi connectivity index (χ4n) is 1.37. The van der Waals surface area contributed by atoms with E-state index in [1.807, 2.05) is 0 Å².